The summed E-state index contributed by atoms with van der Waals surface area (Å²) in [7, 11) is 4.03. The monoisotopic (exact) mass is 332 g/mol. The molecule has 5 heteroatoms. The fraction of sp³-hybridized carbons (Fsp3) is 0.632. The Morgan fingerprint density at radius 1 is 1.33 bits per heavy atom. The molecule has 1 fully saturated rings. The zero-order valence-corrected chi connectivity index (χ0v) is 15.5. The second-order valence-electron chi connectivity index (χ2n) is 7.05. The van der Waals surface area contributed by atoms with Gasteiger partial charge >= 0.3 is 0 Å². The minimum absolute atomic E-state index is 0.222. The number of nitrogens with one attached hydrogen (secondary N) is 1. The van der Waals surface area contributed by atoms with Crippen LogP contribution in [0.1, 0.15) is 19.4 Å². The van der Waals surface area contributed by atoms with Crippen molar-refractivity contribution in [3.05, 3.63) is 35.9 Å². The highest BCUT2D eigenvalue weighted by Gasteiger charge is 2.21. The minimum Gasteiger partial charge on any atom is -0.374 e. The van der Waals surface area contributed by atoms with Gasteiger partial charge < -0.3 is 15.0 Å². The van der Waals surface area contributed by atoms with Crippen LogP contribution in [0.3, 0.4) is 0 Å². The molecule has 1 aromatic rings. The van der Waals surface area contributed by atoms with Gasteiger partial charge in [-0.15, -0.1) is 0 Å². The van der Waals surface area contributed by atoms with Gasteiger partial charge in [-0.1, -0.05) is 44.2 Å². The lowest BCUT2D eigenvalue weighted by Gasteiger charge is -2.34. The van der Waals surface area contributed by atoms with E-state index in [2.05, 4.69) is 36.2 Å². The minimum atomic E-state index is 0.222. The molecule has 1 atom stereocenters. The zero-order valence-electron chi connectivity index (χ0n) is 15.5. The molecule has 1 aromatic carbocycles. The predicted octanol–water partition coefficient (Wildman–Crippen LogP) is 2.05. The lowest BCUT2D eigenvalue weighted by atomic mass is 10.2. The number of hydrogen-bond donors (Lipinski definition) is 1. The molecule has 1 N–H and O–H groups in total. The lowest BCUT2D eigenvalue weighted by Crippen LogP contribution is -2.49. The molecule has 1 unspecified atom stereocenters. The van der Waals surface area contributed by atoms with E-state index in [0.717, 1.165) is 38.7 Å². The molecule has 1 aliphatic rings. The second-order valence-corrected chi connectivity index (χ2v) is 7.05. The van der Waals surface area contributed by atoms with E-state index in [-0.39, 0.29) is 6.10 Å². The average molecular weight is 332 g/mol. The first-order valence-corrected chi connectivity index (χ1v) is 8.88. The van der Waals surface area contributed by atoms with Crippen LogP contribution in [0, 0.1) is 5.92 Å². The fourth-order valence-corrected chi connectivity index (χ4v) is 2.90. The molecule has 1 heterocycles. The molecule has 0 aromatic heterocycles. The van der Waals surface area contributed by atoms with Crippen LogP contribution in [-0.2, 0) is 11.3 Å². The summed E-state index contributed by atoms with van der Waals surface area (Å²) in [5.74, 6) is 1.60. The first kappa shape index (κ1) is 18.7. The number of ether oxygens (including phenoxy) is 1. The third-order valence-corrected chi connectivity index (χ3v) is 4.01. The maximum absolute atomic E-state index is 5.91. The van der Waals surface area contributed by atoms with E-state index < -0.39 is 0 Å². The van der Waals surface area contributed by atoms with Gasteiger partial charge in [0.05, 0.1) is 19.3 Å². The molecular weight excluding hydrogens is 300 g/mol. The van der Waals surface area contributed by atoms with Crippen LogP contribution >= 0.6 is 0 Å². The number of morpholine rings is 1. The van der Waals surface area contributed by atoms with Gasteiger partial charge in [0, 0.05) is 40.3 Å². The van der Waals surface area contributed by atoms with Gasteiger partial charge in [0.15, 0.2) is 5.96 Å². The highest BCUT2D eigenvalue weighted by Crippen LogP contribution is 2.07. The normalized spacial score (nSPS) is 19.5. The molecule has 2 rings (SSSR count). The molecule has 0 spiro atoms. The Balaban J connectivity index is 1.84. The van der Waals surface area contributed by atoms with Crippen molar-refractivity contribution >= 4 is 5.96 Å². The molecule has 0 radical (unpaired) electrons. The Labute approximate surface area is 146 Å². The van der Waals surface area contributed by atoms with Crippen LogP contribution in [-0.4, -0.2) is 68.7 Å². The topological polar surface area (TPSA) is 40.1 Å². The van der Waals surface area contributed by atoms with E-state index in [9.17, 15) is 0 Å². The second kappa shape index (κ2) is 9.64. The largest absolute Gasteiger partial charge is 0.374 e. The number of guanidine groups is 1. The Morgan fingerprint density at radius 3 is 2.75 bits per heavy atom. The summed E-state index contributed by atoms with van der Waals surface area (Å²) in [4.78, 5) is 9.23. The standard InChI is InChI=1S/C19H32N4O/c1-16(2)14-23-10-11-24-18(15-23)13-21-19(22(3)4)20-12-17-8-6-5-7-9-17/h5-9,16,18H,10-15H2,1-4H3,(H,20,21). The van der Waals surface area contributed by atoms with Crippen molar-refractivity contribution in [3.63, 3.8) is 0 Å². The summed E-state index contributed by atoms with van der Waals surface area (Å²) in [6.07, 6.45) is 0.222. The van der Waals surface area contributed by atoms with Crippen LogP contribution in [0.4, 0.5) is 0 Å². The number of rotatable bonds is 6. The molecule has 5 nitrogen and oxygen atoms in total. The summed E-state index contributed by atoms with van der Waals surface area (Å²) in [6, 6.07) is 10.3. The van der Waals surface area contributed by atoms with Gasteiger partial charge in [-0.25, -0.2) is 4.99 Å². The van der Waals surface area contributed by atoms with Gasteiger partial charge in [0.1, 0.15) is 0 Å². The van der Waals surface area contributed by atoms with Crippen molar-refractivity contribution in [1.29, 1.82) is 0 Å². The Hall–Kier alpha value is -1.59. The molecule has 0 saturated carbocycles. The zero-order chi connectivity index (χ0) is 17.4. The van der Waals surface area contributed by atoms with Gasteiger partial charge in [-0.05, 0) is 11.5 Å². The number of nitrogens with zero attached hydrogens (tertiary/aromatic N) is 3. The predicted molar refractivity (Wildman–Crippen MR) is 100 cm³/mol. The third-order valence-electron chi connectivity index (χ3n) is 4.01. The smallest absolute Gasteiger partial charge is 0.193 e. The first-order valence-electron chi connectivity index (χ1n) is 8.88. The highest BCUT2D eigenvalue weighted by atomic mass is 16.5. The van der Waals surface area contributed by atoms with Crippen molar-refractivity contribution in [1.82, 2.24) is 15.1 Å². The van der Waals surface area contributed by atoms with E-state index >= 15 is 0 Å². The number of hydrogen-bond acceptors (Lipinski definition) is 3. The molecule has 0 aliphatic carbocycles. The van der Waals surface area contributed by atoms with Gasteiger partial charge in [-0.3, -0.25) is 4.90 Å². The lowest BCUT2D eigenvalue weighted by molar-refractivity contribution is -0.0285. The third kappa shape index (κ3) is 6.49. The van der Waals surface area contributed by atoms with Gasteiger partial charge in [0.25, 0.3) is 0 Å². The first-order chi connectivity index (χ1) is 11.5. The SMILES string of the molecule is CC(C)CN1CCOC(CNC(=NCc2ccccc2)N(C)C)C1. The molecular formula is C19H32N4O. The summed E-state index contributed by atoms with van der Waals surface area (Å²) in [6.45, 7) is 10.0. The van der Waals surface area contributed by atoms with Crippen LogP contribution in [0.2, 0.25) is 0 Å². The maximum atomic E-state index is 5.91. The highest BCUT2D eigenvalue weighted by molar-refractivity contribution is 5.79. The molecule has 24 heavy (non-hydrogen) atoms. The summed E-state index contributed by atoms with van der Waals surface area (Å²) in [5.41, 5.74) is 1.22. The van der Waals surface area contributed by atoms with Gasteiger partial charge in [0.2, 0.25) is 0 Å². The van der Waals surface area contributed by atoms with Crippen molar-refractivity contribution in [2.75, 3.05) is 46.9 Å². The van der Waals surface area contributed by atoms with Gasteiger partial charge in [-0.2, -0.15) is 0 Å². The van der Waals surface area contributed by atoms with E-state index in [1.807, 2.05) is 37.2 Å². The van der Waals surface area contributed by atoms with E-state index in [1.54, 1.807) is 0 Å². The van der Waals surface area contributed by atoms with E-state index in [0.29, 0.717) is 12.5 Å². The van der Waals surface area contributed by atoms with Crippen LogP contribution < -0.4 is 5.32 Å². The summed E-state index contributed by atoms with van der Waals surface area (Å²) < 4.78 is 5.91. The van der Waals surface area contributed by atoms with Crippen molar-refractivity contribution in [2.24, 2.45) is 10.9 Å². The van der Waals surface area contributed by atoms with Crippen molar-refractivity contribution < 1.29 is 4.74 Å². The molecule has 0 amide bonds. The molecule has 0 bridgehead atoms. The van der Waals surface area contributed by atoms with E-state index in [4.69, 9.17) is 9.73 Å². The number of benzene rings is 1. The Kier molecular flexibility index (Phi) is 7.53. The van der Waals surface area contributed by atoms with Crippen LogP contribution in [0.5, 0.6) is 0 Å². The molecule has 134 valence electrons. The number of aliphatic imine (C=N–C) groups is 1. The molecule has 1 saturated heterocycles. The average Bonchev–Trinajstić information content (AvgIpc) is 2.55. The summed E-state index contributed by atoms with van der Waals surface area (Å²) in [5, 5.41) is 3.46. The maximum Gasteiger partial charge on any atom is 0.193 e. The molecule has 1 aliphatic heterocycles. The summed E-state index contributed by atoms with van der Waals surface area (Å²) >= 11 is 0. The Morgan fingerprint density at radius 2 is 2.08 bits per heavy atom. The van der Waals surface area contributed by atoms with E-state index in [1.165, 1.54) is 5.56 Å². The quantitative estimate of drug-likeness (QED) is 0.639. The van der Waals surface area contributed by atoms with Crippen LogP contribution in [0.15, 0.2) is 35.3 Å². The Bertz CT molecular complexity index is 501. The fourth-order valence-electron chi connectivity index (χ4n) is 2.90. The van der Waals surface area contributed by atoms with Crippen molar-refractivity contribution in [3.8, 4) is 0 Å². The van der Waals surface area contributed by atoms with Crippen molar-refractivity contribution in [2.45, 2.75) is 26.5 Å². The van der Waals surface area contributed by atoms with Crippen LogP contribution in [0.25, 0.3) is 0 Å².